The van der Waals surface area contributed by atoms with Gasteiger partial charge in [0, 0.05) is 5.75 Å². The smallest absolute Gasteiger partial charge is 0.207 e. The number of sulfone groups is 1. The van der Waals surface area contributed by atoms with E-state index in [1.165, 1.54) is 31.2 Å². The molecule has 3 nitrogen and oxygen atoms in total. The van der Waals surface area contributed by atoms with E-state index in [0.29, 0.717) is 5.56 Å². The number of aliphatic hydroxyl groups is 1. The third-order valence-electron chi connectivity index (χ3n) is 2.30. The van der Waals surface area contributed by atoms with Gasteiger partial charge >= 0.3 is 0 Å². The molecule has 0 aliphatic carbocycles. The van der Waals surface area contributed by atoms with Crippen LogP contribution in [0.1, 0.15) is 18.6 Å². The number of aliphatic hydroxyl groups excluding tert-OH is 1. The van der Waals surface area contributed by atoms with Gasteiger partial charge < -0.3 is 5.11 Å². The number of benzene rings is 1. The van der Waals surface area contributed by atoms with Crippen LogP contribution in [-0.2, 0) is 9.84 Å². The molecule has 17 heavy (non-hydrogen) atoms. The zero-order valence-electron chi connectivity index (χ0n) is 8.90. The zero-order valence-corrected chi connectivity index (χ0v) is 13.5. The lowest BCUT2D eigenvalue weighted by Gasteiger charge is -2.26. The van der Waals surface area contributed by atoms with Crippen molar-refractivity contribution in [3.05, 3.63) is 35.6 Å². The van der Waals surface area contributed by atoms with Crippen molar-refractivity contribution >= 4 is 48.4 Å². The molecule has 7 heteroatoms. The van der Waals surface area contributed by atoms with Gasteiger partial charge in [0.1, 0.15) is 11.9 Å². The Morgan fingerprint density at radius 3 is 2.35 bits per heavy atom. The number of alkyl halides is 2. The summed E-state index contributed by atoms with van der Waals surface area (Å²) in [6.45, 7) is 1.50. The molecule has 0 fully saturated rings. The molecule has 1 N–H and O–H groups in total. The first-order valence-electron chi connectivity index (χ1n) is 4.76. The maximum atomic E-state index is 12.7. The van der Waals surface area contributed by atoms with Gasteiger partial charge in [-0.3, -0.25) is 0 Å². The molecule has 2 atom stereocenters. The van der Waals surface area contributed by atoms with Crippen LogP contribution in [0.25, 0.3) is 0 Å². The van der Waals surface area contributed by atoms with E-state index in [0.717, 1.165) is 0 Å². The molecule has 0 radical (unpaired) electrons. The second-order valence-electron chi connectivity index (χ2n) is 3.42. The molecular formula is C10H11BrFIO3S. The van der Waals surface area contributed by atoms with E-state index in [4.69, 9.17) is 0 Å². The lowest BCUT2D eigenvalue weighted by molar-refractivity contribution is 0.191. The molecule has 0 saturated heterocycles. The summed E-state index contributed by atoms with van der Waals surface area (Å²) in [6, 6.07) is 5.08. The molecule has 0 heterocycles. The summed E-state index contributed by atoms with van der Waals surface area (Å²) in [7, 11) is -3.50. The van der Waals surface area contributed by atoms with Crippen molar-refractivity contribution in [1.82, 2.24) is 0 Å². The fourth-order valence-corrected chi connectivity index (χ4v) is 4.31. The van der Waals surface area contributed by atoms with Gasteiger partial charge in [0.2, 0.25) is 1.66 Å². The molecule has 0 bridgehead atoms. The van der Waals surface area contributed by atoms with Crippen LogP contribution in [0.3, 0.4) is 0 Å². The van der Waals surface area contributed by atoms with E-state index in [-0.39, 0.29) is 5.75 Å². The number of hydrogen-bond acceptors (Lipinski definition) is 3. The summed E-state index contributed by atoms with van der Waals surface area (Å²) in [5.74, 6) is -0.535. The largest absolute Gasteiger partial charge is 0.385 e. The Morgan fingerprint density at radius 2 is 1.94 bits per heavy atom. The van der Waals surface area contributed by atoms with Crippen molar-refractivity contribution in [2.75, 3.05) is 5.75 Å². The van der Waals surface area contributed by atoms with Gasteiger partial charge in [-0.05, 0) is 40.3 Å². The van der Waals surface area contributed by atoms with Crippen molar-refractivity contribution in [1.29, 1.82) is 0 Å². The molecule has 0 aliphatic rings. The number of rotatable bonds is 4. The highest BCUT2D eigenvalue weighted by molar-refractivity contribution is 14.1. The fraction of sp³-hybridized carbons (Fsp3) is 0.400. The lowest BCUT2D eigenvalue weighted by Crippen LogP contribution is -2.33. The predicted molar refractivity (Wildman–Crippen MR) is 76.5 cm³/mol. The van der Waals surface area contributed by atoms with Crippen LogP contribution in [-0.4, -0.2) is 20.9 Å². The molecule has 0 aliphatic heterocycles. The summed E-state index contributed by atoms with van der Waals surface area (Å²) in [4.78, 5) is 0. The zero-order chi connectivity index (χ0) is 13.3. The van der Waals surface area contributed by atoms with Gasteiger partial charge in [-0.15, -0.1) is 0 Å². The van der Waals surface area contributed by atoms with Crippen molar-refractivity contribution in [2.45, 2.75) is 14.7 Å². The monoisotopic (exact) mass is 436 g/mol. The highest BCUT2D eigenvalue weighted by atomic mass is 127. The third kappa shape index (κ3) is 3.18. The molecule has 0 spiro atoms. The van der Waals surface area contributed by atoms with Gasteiger partial charge in [0.25, 0.3) is 0 Å². The van der Waals surface area contributed by atoms with Crippen molar-refractivity contribution in [2.24, 2.45) is 0 Å². The van der Waals surface area contributed by atoms with Crippen molar-refractivity contribution in [3.63, 3.8) is 0 Å². The summed E-state index contributed by atoms with van der Waals surface area (Å²) in [5, 5.41) is 10.0. The second kappa shape index (κ2) is 5.50. The summed E-state index contributed by atoms with van der Waals surface area (Å²) >= 11 is 4.68. The SMILES string of the molecule is CCS(=O)(=O)[C@](Br)(I)[C@H](O)c1ccc(F)cc1. The average Bonchev–Trinajstić information content (AvgIpc) is 2.28. The normalized spacial score (nSPS) is 17.5. The van der Waals surface area contributed by atoms with Crippen LogP contribution < -0.4 is 0 Å². The predicted octanol–water partition coefficient (Wildman–Crippen LogP) is 2.78. The van der Waals surface area contributed by atoms with E-state index in [9.17, 15) is 17.9 Å². The number of hydrogen-bond donors (Lipinski definition) is 1. The van der Waals surface area contributed by atoms with Crippen molar-refractivity contribution < 1.29 is 17.9 Å². The lowest BCUT2D eigenvalue weighted by atomic mass is 10.1. The minimum Gasteiger partial charge on any atom is -0.385 e. The quantitative estimate of drug-likeness (QED) is 0.583. The fourth-order valence-electron chi connectivity index (χ4n) is 1.20. The minimum absolute atomic E-state index is 0.0978. The molecule has 0 saturated carbocycles. The third-order valence-corrected chi connectivity index (χ3v) is 8.63. The molecule has 96 valence electrons. The molecule has 1 aromatic carbocycles. The Morgan fingerprint density at radius 1 is 1.47 bits per heavy atom. The molecule has 1 aromatic rings. The number of halogens is 3. The van der Waals surface area contributed by atoms with Gasteiger partial charge in [-0.25, -0.2) is 12.8 Å². The summed E-state index contributed by atoms with van der Waals surface area (Å²) in [5.41, 5.74) is 0.342. The van der Waals surface area contributed by atoms with E-state index in [1.807, 2.05) is 0 Å². The van der Waals surface area contributed by atoms with Crippen LogP contribution in [0.2, 0.25) is 0 Å². The van der Waals surface area contributed by atoms with Gasteiger partial charge in [0.05, 0.1) is 0 Å². The first-order valence-corrected chi connectivity index (χ1v) is 8.28. The van der Waals surface area contributed by atoms with E-state index >= 15 is 0 Å². The first kappa shape index (κ1) is 15.3. The van der Waals surface area contributed by atoms with E-state index in [1.54, 1.807) is 22.6 Å². The topological polar surface area (TPSA) is 54.4 Å². The van der Waals surface area contributed by atoms with E-state index in [2.05, 4.69) is 15.9 Å². The molecule has 0 aromatic heterocycles. The van der Waals surface area contributed by atoms with Gasteiger partial charge in [-0.2, -0.15) is 0 Å². The molecule has 0 amide bonds. The molecule has 0 unspecified atom stereocenters. The maximum absolute atomic E-state index is 12.7. The Hall–Kier alpha value is 0.270. The highest BCUT2D eigenvalue weighted by Gasteiger charge is 2.45. The van der Waals surface area contributed by atoms with Crippen molar-refractivity contribution in [3.8, 4) is 0 Å². The van der Waals surface area contributed by atoms with Gasteiger partial charge in [0.15, 0.2) is 9.84 Å². The van der Waals surface area contributed by atoms with E-state index < -0.39 is 23.4 Å². The standard InChI is InChI=1S/C10H11BrFIO3S/c1-2-17(15,16)10(11,13)9(14)7-3-5-8(12)6-4-7/h3-6,9,14H,2H2,1H3/t9-,10-/m1/s1. The summed E-state index contributed by atoms with van der Waals surface area (Å²) < 4.78 is 34.9. The van der Waals surface area contributed by atoms with Gasteiger partial charge in [-0.1, -0.05) is 35.0 Å². The Kier molecular flexibility index (Phi) is 4.96. The first-order chi connectivity index (χ1) is 7.72. The Bertz CT molecular complexity index is 487. The summed E-state index contributed by atoms with van der Waals surface area (Å²) in [6.07, 6.45) is -1.27. The second-order valence-corrected chi connectivity index (χ2v) is 11.6. The van der Waals surface area contributed by atoms with Crippen LogP contribution >= 0.6 is 38.5 Å². The molecular weight excluding hydrogens is 426 g/mol. The minimum atomic E-state index is -3.50. The molecule has 1 rings (SSSR count). The van der Waals surface area contributed by atoms with Crippen LogP contribution in [0, 0.1) is 5.82 Å². The van der Waals surface area contributed by atoms with Crippen LogP contribution in [0.15, 0.2) is 24.3 Å². The van der Waals surface area contributed by atoms with Crippen LogP contribution in [0.5, 0.6) is 0 Å². The van der Waals surface area contributed by atoms with Crippen LogP contribution in [0.4, 0.5) is 4.39 Å². The Labute approximate surface area is 122 Å². The maximum Gasteiger partial charge on any atom is 0.207 e. The Balaban J connectivity index is 3.12. The highest BCUT2D eigenvalue weighted by Crippen LogP contribution is 2.45. The average molecular weight is 437 g/mol.